The highest BCUT2D eigenvalue weighted by atomic mass is 16.6. The van der Waals surface area contributed by atoms with Crippen molar-refractivity contribution in [2.45, 2.75) is 89.8 Å². The summed E-state index contributed by atoms with van der Waals surface area (Å²) in [6, 6.07) is 0. The Morgan fingerprint density at radius 2 is 2.03 bits per heavy atom. The van der Waals surface area contributed by atoms with Crippen LogP contribution in [0.5, 0.6) is 0 Å². The second-order valence-corrected chi connectivity index (χ2v) is 9.87. The van der Waals surface area contributed by atoms with E-state index in [9.17, 15) is 15.0 Å². The van der Waals surface area contributed by atoms with Gasteiger partial charge < -0.3 is 24.4 Å². The summed E-state index contributed by atoms with van der Waals surface area (Å²) in [6.45, 7) is 11.3. The van der Waals surface area contributed by atoms with E-state index in [1.165, 1.54) is 11.6 Å². The lowest BCUT2D eigenvalue weighted by atomic mass is 9.92. The van der Waals surface area contributed by atoms with Gasteiger partial charge >= 0.3 is 5.97 Å². The van der Waals surface area contributed by atoms with Crippen LogP contribution in [0.2, 0.25) is 0 Å². The summed E-state index contributed by atoms with van der Waals surface area (Å²) in [4.78, 5) is 12.0. The first kappa shape index (κ1) is 30.0. The number of allylic oxidation sites excluding steroid dienone is 1. The molecule has 200 valence electrons. The summed E-state index contributed by atoms with van der Waals surface area (Å²) in [6.07, 6.45) is 18.0. The first-order chi connectivity index (χ1) is 17.3. The zero-order valence-corrected chi connectivity index (χ0v) is 22.1. The molecule has 0 bridgehead atoms. The third-order valence-electron chi connectivity index (χ3n) is 6.26. The molecule has 0 aliphatic carbocycles. The molecule has 0 aromatic rings. The van der Waals surface area contributed by atoms with Crippen molar-refractivity contribution in [2.24, 2.45) is 5.92 Å². The zero-order valence-electron chi connectivity index (χ0n) is 22.1. The van der Waals surface area contributed by atoms with Gasteiger partial charge in [-0.25, -0.2) is 4.79 Å². The second kappa shape index (κ2) is 16.5. The normalized spacial score (nSPS) is 24.1. The van der Waals surface area contributed by atoms with Gasteiger partial charge in [-0.15, -0.1) is 0 Å². The van der Waals surface area contributed by atoms with Crippen molar-refractivity contribution < 1.29 is 29.2 Å². The minimum absolute atomic E-state index is 0.108. The van der Waals surface area contributed by atoms with E-state index >= 15 is 0 Å². The molecule has 0 unspecified atom stereocenters. The second-order valence-electron chi connectivity index (χ2n) is 9.87. The van der Waals surface area contributed by atoms with Crippen molar-refractivity contribution in [2.75, 3.05) is 13.2 Å². The highest BCUT2D eigenvalue weighted by molar-refractivity contribution is 5.82. The van der Waals surface area contributed by atoms with Crippen molar-refractivity contribution in [1.82, 2.24) is 0 Å². The molecular weight excluding hydrogens is 456 g/mol. The molecule has 2 rings (SSSR count). The van der Waals surface area contributed by atoms with E-state index in [0.717, 1.165) is 31.3 Å². The molecule has 6 atom stereocenters. The van der Waals surface area contributed by atoms with Crippen LogP contribution in [0, 0.1) is 5.92 Å². The van der Waals surface area contributed by atoms with E-state index in [1.807, 2.05) is 18.2 Å². The predicted octanol–water partition coefficient (Wildman–Crippen LogP) is 5.14. The number of esters is 1. The first-order valence-electron chi connectivity index (χ1n) is 13.0. The standard InChI is InChI=1S/C30H44O6/c1-5-9-30(33)36-29(28(32)14-13-27-20-22(2)15-17-35-27)12-8-10-25(31)19-23(3)18-24(4)21-26-11-6-7-16-34-26/h5-10,13-15,24-29,31-32H,3,11-12,16-21H2,1-2,4H3/b9-5-,10-8+,14-13+/t24-,25+,26-,27+,28-,29-/m0/s1. The smallest absolute Gasteiger partial charge is 0.330 e. The number of carbonyl (C=O) groups excluding carboxylic acids is 1. The third-order valence-corrected chi connectivity index (χ3v) is 6.26. The molecule has 2 heterocycles. The molecule has 0 spiro atoms. The van der Waals surface area contributed by atoms with E-state index in [4.69, 9.17) is 14.2 Å². The summed E-state index contributed by atoms with van der Waals surface area (Å²) in [5.41, 5.74) is 2.23. The first-order valence-corrected chi connectivity index (χ1v) is 13.0. The minimum Gasteiger partial charge on any atom is -0.456 e. The number of carbonyl (C=O) groups is 1. The van der Waals surface area contributed by atoms with E-state index < -0.39 is 24.3 Å². The van der Waals surface area contributed by atoms with Gasteiger partial charge in [0, 0.05) is 12.5 Å². The monoisotopic (exact) mass is 500 g/mol. The molecule has 2 aliphatic heterocycles. The molecule has 0 saturated carbocycles. The van der Waals surface area contributed by atoms with Crippen molar-refractivity contribution in [1.29, 1.82) is 0 Å². The highest BCUT2D eigenvalue weighted by Gasteiger charge is 2.21. The minimum atomic E-state index is -0.997. The van der Waals surface area contributed by atoms with Gasteiger partial charge in [-0.2, -0.15) is 0 Å². The lowest BCUT2D eigenvalue weighted by Gasteiger charge is -2.23. The number of rotatable bonds is 14. The Morgan fingerprint density at radius 1 is 1.22 bits per heavy atom. The van der Waals surface area contributed by atoms with Crippen LogP contribution < -0.4 is 0 Å². The number of hydrogen-bond donors (Lipinski definition) is 2. The molecule has 6 nitrogen and oxygen atoms in total. The van der Waals surface area contributed by atoms with Crippen molar-refractivity contribution in [3.05, 3.63) is 72.4 Å². The largest absolute Gasteiger partial charge is 0.456 e. The Morgan fingerprint density at radius 3 is 2.72 bits per heavy atom. The molecular formula is C30H44O6. The lowest BCUT2D eigenvalue weighted by molar-refractivity contribution is -0.147. The molecule has 2 aliphatic rings. The molecule has 6 heteroatoms. The molecule has 0 saturated heterocycles. The number of hydrogen-bond acceptors (Lipinski definition) is 6. The average Bonchev–Trinajstić information content (AvgIpc) is 2.82. The SMILES string of the molecule is C=C(C[C@H](C)C[C@@H]1CC=CCO1)C[C@H](O)/C=C/C[C@H](OC(=O)/C=C\C)[C@@H](O)/C=C/[C@@H]1CC(C)=CCO1. The zero-order chi connectivity index (χ0) is 26.3. The van der Waals surface area contributed by atoms with E-state index in [-0.39, 0.29) is 18.6 Å². The molecule has 0 fully saturated rings. The van der Waals surface area contributed by atoms with Crippen molar-refractivity contribution in [3.8, 4) is 0 Å². The summed E-state index contributed by atoms with van der Waals surface area (Å²) in [5, 5.41) is 21.2. The quantitative estimate of drug-likeness (QED) is 0.195. The molecule has 0 aromatic carbocycles. The molecule has 0 radical (unpaired) electrons. The van der Waals surface area contributed by atoms with Crippen LogP contribution in [0.4, 0.5) is 0 Å². The summed E-state index contributed by atoms with van der Waals surface area (Å²) in [5.74, 6) is -0.0913. The van der Waals surface area contributed by atoms with Crippen LogP contribution in [0.3, 0.4) is 0 Å². The highest BCUT2D eigenvalue weighted by Crippen LogP contribution is 2.23. The van der Waals surface area contributed by atoms with Gasteiger partial charge in [0.1, 0.15) is 12.2 Å². The van der Waals surface area contributed by atoms with Gasteiger partial charge in [0.05, 0.1) is 31.5 Å². The van der Waals surface area contributed by atoms with Crippen LogP contribution >= 0.6 is 0 Å². The van der Waals surface area contributed by atoms with Gasteiger partial charge in [0.25, 0.3) is 0 Å². The van der Waals surface area contributed by atoms with Gasteiger partial charge in [-0.05, 0) is 51.9 Å². The topological polar surface area (TPSA) is 85.2 Å². The van der Waals surface area contributed by atoms with Gasteiger partial charge in [0.15, 0.2) is 0 Å². The third kappa shape index (κ3) is 12.1. The van der Waals surface area contributed by atoms with Gasteiger partial charge in [-0.3, -0.25) is 0 Å². The predicted molar refractivity (Wildman–Crippen MR) is 143 cm³/mol. The summed E-state index contributed by atoms with van der Waals surface area (Å²) < 4.78 is 16.9. The average molecular weight is 501 g/mol. The number of aliphatic hydroxyl groups is 2. The van der Waals surface area contributed by atoms with Crippen molar-refractivity contribution in [3.63, 3.8) is 0 Å². The maximum Gasteiger partial charge on any atom is 0.330 e. The van der Waals surface area contributed by atoms with E-state index in [2.05, 4.69) is 26.5 Å². The van der Waals surface area contributed by atoms with Gasteiger partial charge in [0.2, 0.25) is 0 Å². The van der Waals surface area contributed by atoms with Crippen LogP contribution in [0.25, 0.3) is 0 Å². The number of ether oxygens (including phenoxy) is 3. The van der Waals surface area contributed by atoms with Crippen LogP contribution in [0.15, 0.2) is 72.4 Å². The number of aliphatic hydroxyl groups excluding tert-OH is 2. The van der Waals surface area contributed by atoms with Crippen LogP contribution in [-0.4, -0.2) is 59.9 Å². The Bertz CT molecular complexity index is 836. The summed E-state index contributed by atoms with van der Waals surface area (Å²) in [7, 11) is 0. The molecule has 0 amide bonds. The molecule has 0 aromatic heterocycles. The Balaban J connectivity index is 1.84. The van der Waals surface area contributed by atoms with E-state index in [0.29, 0.717) is 25.6 Å². The van der Waals surface area contributed by atoms with E-state index in [1.54, 1.807) is 31.2 Å². The van der Waals surface area contributed by atoms with Crippen LogP contribution in [0.1, 0.15) is 59.3 Å². The Kier molecular flexibility index (Phi) is 13.7. The fourth-order valence-electron chi connectivity index (χ4n) is 4.42. The van der Waals surface area contributed by atoms with Crippen molar-refractivity contribution >= 4 is 5.97 Å². The fourth-order valence-corrected chi connectivity index (χ4v) is 4.42. The fraction of sp³-hybridized carbons (Fsp3) is 0.567. The Hall–Kier alpha value is -2.25. The van der Waals surface area contributed by atoms with Crippen LogP contribution in [-0.2, 0) is 19.0 Å². The molecule has 2 N–H and O–H groups in total. The molecule has 36 heavy (non-hydrogen) atoms. The maximum absolute atomic E-state index is 12.0. The Labute approximate surface area is 216 Å². The van der Waals surface area contributed by atoms with Gasteiger partial charge in [-0.1, -0.05) is 73.3 Å². The summed E-state index contributed by atoms with van der Waals surface area (Å²) >= 11 is 0. The maximum atomic E-state index is 12.0. The lowest BCUT2D eigenvalue weighted by Crippen LogP contribution is -2.29.